The van der Waals surface area contributed by atoms with Crippen LogP contribution in [0.1, 0.15) is 11.1 Å². The van der Waals surface area contributed by atoms with E-state index >= 15 is 0 Å². The number of esters is 1. The molecule has 1 rings (SSSR count). The molecule has 0 radical (unpaired) electrons. The van der Waals surface area contributed by atoms with Crippen LogP contribution in [0.3, 0.4) is 0 Å². The predicted molar refractivity (Wildman–Crippen MR) is 66.6 cm³/mol. The van der Waals surface area contributed by atoms with Crippen LogP contribution in [0.25, 0.3) is 0 Å². The number of rotatable bonds is 4. The highest BCUT2D eigenvalue weighted by atomic mass is 32.2. The summed E-state index contributed by atoms with van der Waals surface area (Å²) < 4.78 is 4.57. The summed E-state index contributed by atoms with van der Waals surface area (Å²) in [6.07, 6.45) is 0. The first kappa shape index (κ1) is 13.1. The van der Waals surface area contributed by atoms with Crippen molar-refractivity contribution in [3.8, 4) is 0 Å². The number of hydrogen-bond donors (Lipinski definition) is 1. The normalized spacial score (nSPS) is 12.2. The van der Waals surface area contributed by atoms with Crippen molar-refractivity contribution in [2.24, 2.45) is 5.73 Å². The molecule has 1 aromatic rings. The van der Waals surface area contributed by atoms with Gasteiger partial charge in [0.2, 0.25) is 0 Å². The van der Waals surface area contributed by atoms with Crippen molar-refractivity contribution < 1.29 is 9.53 Å². The fourth-order valence-corrected chi connectivity index (χ4v) is 2.31. The van der Waals surface area contributed by atoms with E-state index in [1.165, 1.54) is 18.2 Å². The SMILES string of the molecule is COC(=O)C(N)CSc1ccc(C)cc1C. The summed E-state index contributed by atoms with van der Waals surface area (Å²) in [5.74, 6) is 0.175. The average molecular weight is 239 g/mol. The van der Waals surface area contributed by atoms with Gasteiger partial charge in [0, 0.05) is 10.6 Å². The average Bonchev–Trinajstić information content (AvgIpc) is 2.26. The highest BCUT2D eigenvalue weighted by Gasteiger charge is 2.14. The number of benzene rings is 1. The van der Waals surface area contributed by atoms with E-state index in [0.717, 1.165) is 4.90 Å². The quantitative estimate of drug-likeness (QED) is 0.644. The van der Waals surface area contributed by atoms with Gasteiger partial charge in [0.15, 0.2) is 0 Å². The van der Waals surface area contributed by atoms with Gasteiger partial charge in [0.1, 0.15) is 6.04 Å². The molecule has 2 N–H and O–H groups in total. The summed E-state index contributed by atoms with van der Waals surface area (Å²) in [7, 11) is 1.35. The summed E-state index contributed by atoms with van der Waals surface area (Å²) in [4.78, 5) is 12.3. The van der Waals surface area contributed by atoms with Crippen molar-refractivity contribution >= 4 is 17.7 Å². The molecule has 0 saturated heterocycles. The molecule has 0 saturated carbocycles. The lowest BCUT2D eigenvalue weighted by molar-refractivity contribution is -0.141. The van der Waals surface area contributed by atoms with E-state index in [0.29, 0.717) is 5.75 Å². The van der Waals surface area contributed by atoms with Crippen LogP contribution in [0.15, 0.2) is 23.1 Å². The Morgan fingerprint density at radius 3 is 2.75 bits per heavy atom. The largest absolute Gasteiger partial charge is 0.468 e. The maximum absolute atomic E-state index is 11.1. The number of carbonyl (C=O) groups excluding carboxylic acids is 1. The number of hydrogen-bond acceptors (Lipinski definition) is 4. The Hall–Kier alpha value is -1.00. The Morgan fingerprint density at radius 2 is 2.19 bits per heavy atom. The summed E-state index contributed by atoms with van der Waals surface area (Å²) in [6.45, 7) is 4.11. The molecular weight excluding hydrogens is 222 g/mol. The Kier molecular flexibility index (Phi) is 4.83. The van der Waals surface area contributed by atoms with E-state index in [4.69, 9.17) is 5.73 Å². The molecule has 0 heterocycles. The molecule has 0 aromatic heterocycles. The molecule has 0 bridgehead atoms. The molecule has 0 aliphatic carbocycles. The van der Waals surface area contributed by atoms with Crippen molar-refractivity contribution in [2.45, 2.75) is 24.8 Å². The van der Waals surface area contributed by atoms with Gasteiger partial charge < -0.3 is 10.5 Å². The van der Waals surface area contributed by atoms with Gasteiger partial charge in [-0.2, -0.15) is 0 Å². The second kappa shape index (κ2) is 5.92. The Bertz CT molecular complexity index is 379. The second-order valence-corrected chi connectivity index (χ2v) is 4.77. The minimum atomic E-state index is -0.560. The molecule has 3 nitrogen and oxygen atoms in total. The van der Waals surface area contributed by atoms with Gasteiger partial charge in [0.25, 0.3) is 0 Å². The van der Waals surface area contributed by atoms with E-state index in [2.05, 4.69) is 36.8 Å². The van der Waals surface area contributed by atoms with Crippen LogP contribution in [0.2, 0.25) is 0 Å². The molecule has 88 valence electrons. The topological polar surface area (TPSA) is 52.3 Å². The minimum absolute atomic E-state index is 0.364. The van der Waals surface area contributed by atoms with Crippen LogP contribution in [0.4, 0.5) is 0 Å². The fraction of sp³-hybridized carbons (Fsp3) is 0.417. The first-order valence-electron chi connectivity index (χ1n) is 5.08. The molecule has 1 atom stereocenters. The van der Waals surface area contributed by atoms with Crippen LogP contribution in [0.5, 0.6) is 0 Å². The van der Waals surface area contributed by atoms with E-state index < -0.39 is 6.04 Å². The van der Waals surface area contributed by atoms with Crippen molar-refractivity contribution in [2.75, 3.05) is 12.9 Å². The van der Waals surface area contributed by atoms with Crippen LogP contribution >= 0.6 is 11.8 Å². The lowest BCUT2D eigenvalue weighted by Gasteiger charge is -2.10. The van der Waals surface area contributed by atoms with E-state index in [-0.39, 0.29) is 5.97 Å². The Labute approximate surface area is 100 Å². The summed E-state index contributed by atoms with van der Waals surface area (Å²) in [5.41, 5.74) is 8.11. The maximum atomic E-state index is 11.1. The standard InChI is InChI=1S/C12H17NO2S/c1-8-4-5-11(9(2)6-8)16-7-10(13)12(14)15-3/h4-6,10H,7,13H2,1-3H3. The van der Waals surface area contributed by atoms with Gasteiger partial charge in [-0.1, -0.05) is 17.7 Å². The number of ether oxygens (including phenoxy) is 1. The maximum Gasteiger partial charge on any atom is 0.323 e. The molecule has 0 aliphatic rings. The zero-order chi connectivity index (χ0) is 12.1. The summed E-state index contributed by atoms with van der Waals surface area (Å²) in [5, 5.41) is 0. The number of carbonyl (C=O) groups is 1. The van der Waals surface area contributed by atoms with E-state index in [9.17, 15) is 4.79 Å². The highest BCUT2D eigenvalue weighted by molar-refractivity contribution is 7.99. The number of thioether (sulfide) groups is 1. The van der Waals surface area contributed by atoms with Gasteiger partial charge in [-0.15, -0.1) is 11.8 Å². The first-order chi connectivity index (χ1) is 7.54. The van der Waals surface area contributed by atoms with Gasteiger partial charge >= 0.3 is 5.97 Å². The minimum Gasteiger partial charge on any atom is -0.468 e. The molecule has 1 unspecified atom stereocenters. The van der Waals surface area contributed by atoms with E-state index in [1.54, 1.807) is 11.8 Å². The third-order valence-electron chi connectivity index (χ3n) is 2.25. The van der Waals surface area contributed by atoms with Gasteiger partial charge in [0.05, 0.1) is 7.11 Å². The summed E-state index contributed by atoms with van der Waals surface area (Å²) >= 11 is 1.58. The monoisotopic (exact) mass is 239 g/mol. The number of aryl methyl sites for hydroxylation is 2. The number of methoxy groups -OCH3 is 1. The van der Waals surface area contributed by atoms with Crippen molar-refractivity contribution in [1.29, 1.82) is 0 Å². The Balaban J connectivity index is 2.58. The van der Waals surface area contributed by atoms with Crippen molar-refractivity contribution in [3.63, 3.8) is 0 Å². The first-order valence-corrected chi connectivity index (χ1v) is 6.06. The van der Waals surface area contributed by atoms with Gasteiger partial charge in [-0.25, -0.2) is 0 Å². The molecule has 16 heavy (non-hydrogen) atoms. The molecule has 0 fully saturated rings. The zero-order valence-electron chi connectivity index (χ0n) is 9.82. The third-order valence-corrected chi connectivity index (χ3v) is 3.55. The number of nitrogens with two attached hydrogens (primary N) is 1. The van der Waals surface area contributed by atoms with Crippen LogP contribution in [-0.2, 0) is 9.53 Å². The van der Waals surface area contributed by atoms with E-state index in [1.807, 2.05) is 0 Å². The van der Waals surface area contributed by atoms with Crippen LogP contribution in [0, 0.1) is 13.8 Å². The second-order valence-electron chi connectivity index (χ2n) is 3.71. The fourth-order valence-electron chi connectivity index (χ4n) is 1.36. The highest BCUT2D eigenvalue weighted by Crippen LogP contribution is 2.23. The molecule has 0 spiro atoms. The van der Waals surface area contributed by atoms with Crippen molar-refractivity contribution in [1.82, 2.24) is 0 Å². The lowest BCUT2D eigenvalue weighted by Crippen LogP contribution is -2.33. The zero-order valence-corrected chi connectivity index (χ0v) is 10.6. The predicted octanol–water partition coefficient (Wildman–Crippen LogP) is 1.90. The van der Waals surface area contributed by atoms with Gasteiger partial charge in [-0.3, -0.25) is 4.79 Å². The van der Waals surface area contributed by atoms with Gasteiger partial charge in [-0.05, 0) is 25.5 Å². The third kappa shape index (κ3) is 3.54. The molecule has 1 aromatic carbocycles. The lowest BCUT2D eigenvalue weighted by atomic mass is 10.2. The molecular formula is C12H17NO2S. The van der Waals surface area contributed by atoms with Crippen LogP contribution in [-0.4, -0.2) is 24.9 Å². The summed E-state index contributed by atoms with van der Waals surface area (Å²) in [6, 6.07) is 5.67. The van der Waals surface area contributed by atoms with Crippen molar-refractivity contribution in [3.05, 3.63) is 29.3 Å². The smallest absolute Gasteiger partial charge is 0.323 e. The molecule has 0 amide bonds. The van der Waals surface area contributed by atoms with Crippen LogP contribution < -0.4 is 5.73 Å². The molecule has 4 heteroatoms. The Morgan fingerprint density at radius 1 is 1.50 bits per heavy atom. The molecule has 0 aliphatic heterocycles.